The van der Waals surface area contributed by atoms with Crippen LogP contribution in [0.5, 0.6) is 0 Å². The minimum atomic E-state index is -1.72. The lowest BCUT2D eigenvalue weighted by molar-refractivity contribution is -0.344. The summed E-state index contributed by atoms with van der Waals surface area (Å²) in [6.45, 7) is -1.96. The van der Waals surface area contributed by atoms with E-state index in [1.165, 1.54) is 0 Å². The third-order valence-electron chi connectivity index (χ3n) is 7.35. The van der Waals surface area contributed by atoms with Crippen LogP contribution in [0.3, 0.4) is 0 Å². The van der Waals surface area contributed by atoms with Crippen LogP contribution in [0.25, 0.3) is 0 Å². The van der Waals surface area contributed by atoms with Crippen LogP contribution in [0.15, 0.2) is 0 Å². The molecular weight excluding hydrogens is 478 g/mol. The van der Waals surface area contributed by atoms with Gasteiger partial charge in [0, 0.05) is 5.92 Å². The second kappa shape index (κ2) is 10.3. The summed E-state index contributed by atoms with van der Waals surface area (Å²) in [6, 6.07) is -3.62. The van der Waals surface area contributed by atoms with Crippen molar-refractivity contribution in [2.24, 2.45) is 23.1 Å². The molecule has 0 spiro atoms. The lowest BCUT2D eigenvalue weighted by Crippen LogP contribution is -2.68. The van der Waals surface area contributed by atoms with Gasteiger partial charge in [0.15, 0.2) is 18.9 Å². The Kier molecular flexibility index (Phi) is 8.03. The van der Waals surface area contributed by atoms with Gasteiger partial charge in [0.05, 0.1) is 44.1 Å². The molecule has 16 heteroatoms. The molecule has 4 fully saturated rings. The summed E-state index contributed by atoms with van der Waals surface area (Å²) in [7, 11) is 0. The van der Waals surface area contributed by atoms with E-state index in [4.69, 9.17) is 40.9 Å². The molecule has 11 unspecified atom stereocenters. The van der Waals surface area contributed by atoms with Crippen LogP contribution >= 0.6 is 0 Å². The Balaban J connectivity index is 1.45. The molecule has 3 aliphatic heterocycles. The van der Waals surface area contributed by atoms with Crippen LogP contribution in [0.2, 0.25) is 0 Å². The molecule has 35 heavy (non-hydrogen) atoms. The Hall–Kier alpha value is -0.640. The van der Waals surface area contributed by atoms with Crippen LogP contribution in [0, 0.1) is 5.92 Å². The SMILES string of the molecule is NC1C(O)[C@H](O[C@@H]2OC(CO)C3(O)C(O)C3C2N)C(CO)O[C@H]1O[C@@H]1C(CO)O[C@@H](O)C(N)C1O. The Labute approximate surface area is 199 Å². The maximum atomic E-state index is 10.9. The largest absolute Gasteiger partial charge is 0.394 e. The van der Waals surface area contributed by atoms with Crippen molar-refractivity contribution >= 4 is 0 Å². The highest BCUT2D eigenvalue weighted by Gasteiger charge is 2.74. The smallest absolute Gasteiger partial charge is 0.176 e. The quantitative estimate of drug-likeness (QED) is 0.151. The monoisotopic (exact) mass is 513 g/mol. The summed E-state index contributed by atoms with van der Waals surface area (Å²) in [5, 5.41) is 80.5. The lowest BCUT2D eigenvalue weighted by Gasteiger charge is -2.48. The van der Waals surface area contributed by atoms with Gasteiger partial charge in [-0.1, -0.05) is 0 Å². The summed E-state index contributed by atoms with van der Waals surface area (Å²) < 4.78 is 27.8. The minimum Gasteiger partial charge on any atom is -0.394 e. The van der Waals surface area contributed by atoms with Crippen LogP contribution < -0.4 is 17.2 Å². The summed E-state index contributed by atoms with van der Waals surface area (Å²) >= 11 is 0. The maximum absolute atomic E-state index is 10.9. The molecule has 16 atom stereocenters. The minimum absolute atomic E-state index is 0.631. The van der Waals surface area contributed by atoms with Gasteiger partial charge in [-0.15, -0.1) is 0 Å². The van der Waals surface area contributed by atoms with Crippen LogP contribution in [0.4, 0.5) is 0 Å². The molecule has 0 amide bonds. The zero-order chi connectivity index (χ0) is 25.8. The summed E-state index contributed by atoms with van der Waals surface area (Å²) in [5.74, 6) is -0.847. The van der Waals surface area contributed by atoms with Crippen molar-refractivity contribution in [3.8, 4) is 0 Å². The van der Waals surface area contributed by atoms with Crippen molar-refractivity contribution < 1.29 is 64.5 Å². The van der Waals surface area contributed by atoms with Gasteiger partial charge >= 0.3 is 0 Å². The highest BCUT2D eigenvalue weighted by atomic mass is 16.7. The molecule has 0 aromatic heterocycles. The van der Waals surface area contributed by atoms with Gasteiger partial charge in [-0.3, -0.25) is 0 Å². The normalized spacial score (nSPS) is 56.5. The third-order valence-corrected chi connectivity index (χ3v) is 7.35. The summed E-state index contributed by atoms with van der Waals surface area (Å²) in [4.78, 5) is 0. The second-order valence-corrected chi connectivity index (χ2v) is 9.42. The highest BCUT2D eigenvalue weighted by Crippen LogP contribution is 2.53. The molecule has 3 heterocycles. The highest BCUT2D eigenvalue weighted by molar-refractivity contribution is 5.23. The van der Waals surface area contributed by atoms with E-state index in [1.807, 2.05) is 0 Å². The molecule has 4 rings (SSSR count). The Morgan fingerprint density at radius 1 is 0.686 bits per heavy atom. The second-order valence-electron chi connectivity index (χ2n) is 9.42. The summed E-state index contributed by atoms with van der Waals surface area (Å²) in [6.07, 6.45) is -14.8. The Morgan fingerprint density at radius 2 is 1.20 bits per heavy atom. The van der Waals surface area contributed by atoms with E-state index in [1.54, 1.807) is 0 Å². The predicted octanol–water partition coefficient (Wildman–Crippen LogP) is -7.67. The first-order valence-corrected chi connectivity index (χ1v) is 11.3. The maximum Gasteiger partial charge on any atom is 0.176 e. The van der Waals surface area contributed by atoms with Crippen molar-refractivity contribution in [2.75, 3.05) is 19.8 Å². The van der Waals surface area contributed by atoms with Crippen LogP contribution in [0.1, 0.15) is 0 Å². The molecule has 14 N–H and O–H groups in total. The number of hydrogen-bond donors (Lipinski definition) is 11. The Bertz CT molecular complexity index is 732. The molecule has 0 bridgehead atoms. The number of aliphatic hydroxyl groups is 8. The van der Waals surface area contributed by atoms with E-state index in [-0.39, 0.29) is 0 Å². The fraction of sp³-hybridized carbons (Fsp3) is 1.00. The van der Waals surface area contributed by atoms with Gasteiger partial charge in [0.1, 0.15) is 48.3 Å². The van der Waals surface area contributed by atoms with Gasteiger partial charge in [-0.05, 0) is 0 Å². The van der Waals surface area contributed by atoms with E-state index in [9.17, 15) is 40.9 Å². The van der Waals surface area contributed by atoms with Gasteiger partial charge in [-0.2, -0.15) is 0 Å². The molecule has 0 aromatic rings. The van der Waals surface area contributed by atoms with Crippen molar-refractivity contribution in [3.63, 3.8) is 0 Å². The molecule has 204 valence electrons. The molecule has 4 aliphatic rings. The average Bonchev–Trinajstić information content (AvgIpc) is 3.41. The fourth-order valence-corrected chi connectivity index (χ4v) is 5.13. The van der Waals surface area contributed by atoms with Crippen molar-refractivity contribution in [1.82, 2.24) is 0 Å². The van der Waals surface area contributed by atoms with Gasteiger partial charge in [0.25, 0.3) is 0 Å². The van der Waals surface area contributed by atoms with Crippen molar-refractivity contribution in [3.05, 3.63) is 0 Å². The zero-order valence-corrected chi connectivity index (χ0v) is 18.6. The summed E-state index contributed by atoms with van der Waals surface area (Å²) in [5.41, 5.74) is 16.1. The van der Waals surface area contributed by atoms with E-state index in [0.717, 1.165) is 0 Å². The topological polar surface area (TPSA) is 286 Å². The molecule has 1 saturated carbocycles. The third kappa shape index (κ3) is 4.50. The molecule has 0 radical (unpaired) electrons. The lowest BCUT2D eigenvalue weighted by atomic mass is 9.95. The van der Waals surface area contributed by atoms with Gasteiger partial charge in [0.2, 0.25) is 0 Å². The number of fused-ring (bicyclic) bond motifs is 1. The van der Waals surface area contributed by atoms with Crippen LogP contribution in [-0.2, 0) is 23.7 Å². The number of nitrogens with two attached hydrogens (primary N) is 3. The molecular formula is C19H35N3O13. The first kappa shape index (κ1) is 27.4. The van der Waals surface area contributed by atoms with E-state index in [0.29, 0.717) is 0 Å². The number of aliphatic hydroxyl groups excluding tert-OH is 7. The standard InChI is InChI=1S/C19H35N3O13/c20-8-7-15(28)19(7,30)6(3-25)33-17(8)34-14-5(2-24)32-18(10(22)12(14)27)35-13-4(1-23)31-16(29)9(21)11(13)26/h4-18,23-30H,1-3,20-22H2/t4?,5?,6?,7?,8?,9?,10?,11?,12?,13-,14-,15?,16-,17+,18+,19?/m1/s1. The molecule has 16 nitrogen and oxygen atoms in total. The van der Waals surface area contributed by atoms with Gasteiger partial charge < -0.3 is 81.7 Å². The average molecular weight is 513 g/mol. The van der Waals surface area contributed by atoms with E-state index in [2.05, 4.69) is 0 Å². The van der Waals surface area contributed by atoms with Crippen LogP contribution in [-0.4, -0.2) is 152 Å². The van der Waals surface area contributed by atoms with Crippen molar-refractivity contribution in [1.29, 1.82) is 0 Å². The Morgan fingerprint density at radius 3 is 1.74 bits per heavy atom. The van der Waals surface area contributed by atoms with E-state index >= 15 is 0 Å². The fourth-order valence-electron chi connectivity index (χ4n) is 5.13. The number of hydrogen-bond acceptors (Lipinski definition) is 16. The molecule has 3 saturated heterocycles. The first-order chi connectivity index (χ1) is 16.5. The first-order valence-electron chi connectivity index (χ1n) is 11.3. The predicted molar refractivity (Wildman–Crippen MR) is 110 cm³/mol. The number of rotatable bonds is 7. The number of ether oxygens (including phenoxy) is 5. The molecule has 1 aliphatic carbocycles. The molecule has 0 aromatic carbocycles. The van der Waals surface area contributed by atoms with Gasteiger partial charge in [-0.25, -0.2) is 0 Å². The van der Waals surface area contributed by atoms with Crippen molar-refractivity contribution in [2.45, 2.75) is 91.4 Å². The zero-order valence-electron chi connectivity index (χ0n) is 18.6. The van der Waals surface area contributed by atoms with E-state index < -0.39 is 117 Å².